The van der Waals surface area contributed by atoms with Gasteiger partial charge in [0.05, 0.1) is 18.2 Å². The number of nitrogens with zero attached hydrogens (tertiary/aromatic N) is 2. The van der Waals surface area contributed by atoms with E-state index in [0.29, 0.717) is 23.1 Å². The van der Waals surface area contributed by atoms with Crippen molar-refractivity contribution in [2.24, 2.45) is 0 Å². The number of pyridine rings is 1. The molecule has 0 bridgehead atoms. The Morgan fingerprint density at radius 2 is 2.40 bits per heavy atom. The van der Waals surface area contributed by atoms with Gasteiger partial charge in [0.25, 0.3) is 0 Å². The Bertz CT molecular complexity index is 530. The average Bonchev–Trinajstić information content (AvgIpc) is 2.69. The first-order chi connectivity index (χ1) is 7.26. The first-order valence-electron chi connectivity index (χ1n) is 4.26. The van der Waals surface area contributed by atoms with E-state index < -0.39 is 5.97 Å². The third-order valence-electron chi connectivity index (χ3n) is 2.10. The fourth-order valence-corrected chi connectivity index (χ4v) is 1.34. The normalized spacial score (nSPS) is 10.2. The van der Waals surface area contributed by atoms with Crippen LogP contribution in [0.4, 0.5) is 0 Å². The fourth-order valence-electron chi connectivity index (χ4n) is 1.34. The summed E-state index contributed by atoms with van der Waals surface area (Å²) in [6, 6.07) is 3.18. The standard InChI is InChI=1S/C10H8N2O3/c1-15-10(14)7-2-3-12-6-11-8(5-13)9(12)4-7/h2-6H,1H3. The summed E-state index contributed by atoms with van der Waals surface area (Å²) in [5.41, 5.74) is 1.29. The average molecular weight is 204 g/mol. The maximum atomic E-state index is 11.2. The van der Waals surface area contributed by atoms with Crippen molar-refractivity contribution >= 4 is 17.8 Å². The highest BCUT2D eigenvalue weighted by Gasteiger charge is 2.08. The maximum absolute atomic E-state index is 11.2. The second-order valence-corrected chi connectivity index (χ2v) is 2.95. The molecule has 0 aliphatic heterocycles. The van der Waals surface area contributed by atoms with E-state index in [1.165, 1.54) is 13.4 Å². The molecule has 76 valence electrons. The van der Waals surface area contributed by atoms with Gasteiger partial charge in [-0.05, 0) is 12.1 Å². The number of fused-ring (bicyclic) bond motifs is 1. The summed E-state index contributed by atoms with van der Waals surface area (Å²) in [4.78, 5) is 25.8. The van der Waals surface area contributed by atoms with Gasteiger partial charge in [-0.3, -0.25) is 4.79 Å². The Hall–Kier alpha value is -2.17. The molecule has 5 heteroatoms. The molecule has 0 spiro atoms. The summed E-state index contributed by atoms with van der Waals surface area (Å²) in [7, 11) is 1.31. The summed E-state index contributed by atoms with van der Waals surface area (Å²) in [6.45, 7) is 0. The maximum Gasteiger partial charge on any atom is 0.337 e. The summed E-state index contributed by atoms with van der Waals surface area (Å²) in [5.74, 6) is -0.435. The third-order valence-corrected chi connectivity index (χ3v) is 2.10. The van der Waals surface area contributed by atoms with Crippen molar-refractivity contribution in [3.8, 4) is 0 Å². The SMILES string of the molecule is COC(=O)c1ccn2cnc(C=O)c2c1. The number of aldehydes is 1. The lowest BCUT2D eigenvalue weighted by Gasteiger charge is -1.99. The van der Waals surface area contributed by atoms with Crippen molar-refractivity contribution < 1.29 is 14.3 Å². The highest BCUT2D eigenvalue weighted by molar-refractivity contribution is 5.92. The Balaban J connectivity index is 2.62. The van der Waals surface area contributed by atoms with Gasteiger partial charge in [0.2, 0.25) is 0 Å². The number of carbonyl (C=O) groups excluding carboxylic acids is 2. The van der Waals surface area contributed by atoms with Gasteiger partial charge in [-0.25, -0.2) is 9.78 Å². The molecule has 0 radical (unpaired) electrons. The molecule has 0 saturated heterocycles. The number of aromatic nitrogens is 2. The van der Waals surface area contributed by atoms with Crippen LogP contribution in [0.5, 0.6) is 0 Å². The number of rotatable bonds is 2. The monoisotopic (exact) mass is 204 g/mol. The second kappa shape index (κ2) is 3.53. The van der Waals surface area contributed by atoms with Gasteiger partial charge < -0.3 is 9.14 Å². The predicted octanol–water partition coefficient (Wildman–Crippen LogP) is 0.933. The minimum absolute atomic E-state index is 0.306. The van der Waals surface area contributed by atoms with Crippen LogP contribution >= 0.6 is 0 Å². The summed E-state index contributed by atoms with van der Waals surface area (Å²) >= 11 is 0. The zero-order valence-electron chi connectivity index (χ0n) is 8.01. The van der Waals surface area contributed by atoms with Crippen molar-refractivity contribution in [1.82, 2.24) is 9.38 Å². The predicted molar refractivity (Wildman–Crippen MR) is 51.9 cm³/mol. The molecule has 0 N–H and O–H groups in total. The van der Waals surface area contributed by atoms with E-state index in [9.17, 15) is 9.59 Å². The van der Waals surface area contributed by atoms with Crippen molar-refractivity contribution in [1.29, 1.82) is 0 Å². The van der Waals surface area contributed by atoms with Gasteiger partial charge in [0.15, 0.2) is 6.29 Å². The van der Waals surface area contributed by atoms with Crippen molar-refractivity contribution in [3.63, 3.8) is 0 Å². The molecular formula is C10H8N2O3. The number of hydrogen-bond donors (Lipinski definition) is 0. The molecule has 0 amide bonds. The van der Waals surface area contributed by atoms with Crippen LogP contribution in [0.1, 0.15) is 20.8 Å². The molecule has 0 atom stereocenters. The molecule has 0 fully saturated rings. The molecule has 2 aromatic rings. The van der Waals surface area contributed by atoms with E-state index in [2.05, 4.69) is 9.72 Å². The van der Waals surface area contributed by atoms with Crippen LogP contribution < -0.4 is 0 Å². The Morgan fingerprint density at radius 1 is 1.60 bits per heavy atom. The van der Waals surface area contributed by atoms with Gasteiger partial charge in [0, 0.05) is 6.20 Å². The summed E-state index contributed by atoms with van der Waals surface area (Å²) in [5, 5.41) is 0. The Kier molecular flexibility index (Phi) is 2.21. The Morgan fingerprint density at radius 3 is 3.07 bits per heavy atom. The van der Waals surface area contributed by atoms with E-state index in [-0.39, 0.29) is 0 Å². The number of methoxy groups -OCH3 is 1. The lowest BCUT2D eigenvalue weighted by atomic mass is 10.2. The van der Waals surface area contributed by atoms with Gasteiger partial charge in [0.1, 0.15) is 12.0 Å². The van der Waals surface area contributed by atoms with Crippen LogP contribution in [0.2, 0.25) is 0 Å². The molecular weight excluding hydrogens is 196 g/mol. The van der Waals surface area contributed by atoms with Crippen LogP contribution in [-0.4, -0.2) is 28.7 Å². The van der Waals surface area contributed by atoms with Gasteiger partial charge in [-0.2, -0.15) is 0 Å². The van der Waals surface area contributed by atoms with Gasteiger partial charge in [-0.1, -0.05) is 0 Å². The second-order valence-electron chi connectivity index (χ2n) is 2.95. The molecule has 2 aromatic heterocycles. The fraction of sp³-hybridized carbons (Fsp3) is 0.100. The summed E-state index contributed by atoms with van der Waals surface area (Å²) in [6.07, 6.45) is 3.82. The van der Waals surface area contributed by atoms with Crippen LogP contribution in [0.25, 0.3) is 5.52 Å². The van der Waals surface area contributed by atoms with E-state index >= 15 is 0 Å². The van der Waals surface area contributed by atoms with Crippen LogP contribution in [0.15, 0.2) is 24.7 Å². The highest BCUT2D eigenvalue weighted by Crippen LogP contribution is 2.11. The number of esters is 1. The third kappa shape index (κ3) is 1.48. The zero-order valence-corrected chi connectivity index (χ0v) is 8.01. The molecule has 0 aliphatic rings. The molecule has 15 heavy (non-hydrogen) atoms. The number of imidazole rings is 1. The molecule has 5 nitrogen and oxygen atoms in total. The van der Waals surface area contributed by atoms with Crippen molar-refractivity contribution in [2.45, 2.75) is 0 Å². The van der Waals surface area contributed by atoms with E-state index in [4.69, 9.17) is 0 Å². The molecule has 0 aromatic carbocycles. The van der Waals surface area contributed by atoms with Gasteiger partial charge in [-0.15, -0.1) is 0 Å². The van der Waals surface area contributed by atoms with E-state index in [0.717, 1.165) is 0 Å². The smallest absolute Gasteiger partial charge is 0.337 e. The first-order valence-corrected chi connectivity index (χ1v) is 4.26. The molecule has 0 saturated carbocycles. The van der Waals surface area contributed by atoms with Crippen LogP contribution in [0, 0.1) is 0 Å². The minimum atomic E-state index is -0.435. The van der Waals surface area contributed by atoms with E-state index in [1.807, 2.05) is 0 Å². The Labute approximate surface area is 85.3 Å². The zero-order chi connectivity index (χ0) is 10.8. The number of carbonyl (C=O) groups is 2. The van der Waals surface area contributed by atoms with E-state index in [1.54, 1.807) is 22.7 Å². The highest BCUT2D eigenvalue weighted by atomic mass is 16.5. The quantitative estimate of drug-likeness (QED) is 0.539. The lowest BCUT2D eigenvalue weighted by Crippen LogP contribution is -2.01. The number of hydrogen-bond acceptors (Lipinski definition) is 4. The molecule has 2 heterocycles. The largest absolute Gasteiger partial charge is 0.465 e. The summed E-state index contributed by atoms with van der Waals surface area (Å²) < 4.78 is 6.24. The van der Waals surface area contributed by atoms with Crippen molar-refractivity contribution in [3.05, 3.63) is 35.9 Å². The van der Waals surface area contributed by atoms with Crippen LogP contribution in [0.3, 0.4) is 0 Å². The van der Waals surface area contributed by atoms with Crippen LogP contribution in [-0.2, 0) is 4.74 Å². The molecule has 0 aliphatic carbocycles. The topological polar surface area (TPSA) is 60.7 Å². The lowest BCUT2D eigenvalue weighted by molar-refractivity contribution is 0.0600. The minimum Gasteiger partial charge on any atom is -0.465 e. The van der Waals surface area contributed by atoms with Gasteiger partial charge >= 0.3 is 5.97 Å². The number of ether oxygens (including phenoxy) is 1. The van der Waals surface area contributed by atoms with Crippen molar-refractivity contribution in [2.75, 3.05) is 7.11 Å². The molecule has 0 unspecified atom stereocenters. The molecule has 2 rings (SSSR count). The first kappa shape index (κ1) is 9.39.